The fraction of sp³-hybridized carbons (Fsp3) is 0.870. The third kappa shape index (κ3) is 10.5. The number of nitrogens with two attached hydrogens (primary N) is 1. The molecule has 12 aliphatic rings. The smallest absolute Gasteiger partial charge is 0.182 e. The van der Waals surface area contributed by atoms with E-state index in [1.54, 1.807) is 6.92 Å². The molecule has 2 heterocycles. The molecular weight excluding hydrogens is 1060 g/mol. The lowest BCUT2D eigenvalue weighted by Crippen LogP contribution is -2.74. The van der Waals surface area contributed by atoms with Gasteiger partial charge in [0, 0.05) is 54.5 Å². The Morgan fingerprint density at radius 1 is 0.845 bits per heavy atom. The van der Waals surface area contributed by atoms with Crippen molar-refractivity contribution in [3.8, 4) is 0 Å². The first-order valence-electron chi connectivity index (χ1n) is 34.5. The van der Waals surface area contributed by atoms with Crippen LogP contribution < -0.4 is 16.4 Å². The molecule has 12 rings (SSSR count). The fourth-order valence-electron chi connectivity index (χ4n) is 22.1. The van der Waals surface area contributed by atoms with Gasteiger partial charge in [0.1, 0.15) is 5.60 Å². The molecule has 472 valence electrons. The van der Waals surface area contributed by atoms with Crippen molar-refractivity contribution in [2.75, 3.05) is 19.8 Å². The highest BCUT2D eigenvalue weighted by Crippen LogP contribution is 2.77. The van der Waals surface area contributed by atoms with Crippen molar-refractivity contribution in [3.05, 3.63) is 46.8 Å². The summed E-state index contributed by atoms with van der Waals surface area (Å²) in [6.07, 6.45) is 24.9. The Balaban J connectivity index is 1.03. The summed E-state index contributed by atoms with van der Waals surface area (Å²) in [6, 6.07) is 0. The summed E-state index contributed by atoms with van der Waals surface area (Å²) in [6.45, 7) is 4.72. The Hall–Kier alpha value is -2.25. The lowest BCUT2D eigenvalue weighted by molar-refractivity contribution is -0.276. The summed E-state index contributed by atoms with van der Waals surface area (Å²) in [5.74, 6) is -3.14. The number of fused-ring (bicyclic) bond motifs is 5. The number of allylic oxidation sites excluding steroid dienone is 5. The third-order valence-electron chi connectivity index (χ3n) is 26.1. The van der Waals surface area contributed by atoms with Crippen molar-refractivity contribution < 1.29 is 60.2 Å². The first-order valence-corrected chi connectivity index (χ1v) is 34.5. The maximum Gasteiger partial charge on any atom is 0.182 e. The number of hydrogen-bond acceptors (Lipinski definition) is 15. The lowest BCUT2D eigenvalue weighted by atomic mass is 9.37. The van der Waals surface area contributed by atoms with Crippen LogP contribution in [0.3, 0.4) is 0 Å². The molecule has 0 aromatic heterocycles. The Morgan fingerprint density at radius 3 is 2.32 bits per heavy atom. The van der Waals surface area contributed by atoms with Crippen LogP contribution in [0.25, 0.3) is 0 Å². The van der Waals surface area contributed by atoms with Gasteiger partial charge in [-0.15, -0.1) is 0 Å². The highest BCUT2D eigenvalue weighted by molar-refractivity contribution is 6.00. The zero-order valence-corrected chi connectivity index (χ0v) is 51.1. The Bertz CT molecular complexity index is 2460. The molecule has 20 atom stereocenters. The molecule has 10 aliphatic carbocycles. The molecule has 0 aromatic rings. The van der Waals surface area contributed by atoms with Gasteiger partial charge in [-0.1, -0.05) is 89.4 Å². The molecule has 0 aromatic carbocycles. The lowest BCUT2D eigenvalue weighted by Gasteiger charge is -2.69. The SMILES string of the molecule is CCC[C@@H]1CC[C@H]2[C@H]3[C@@H](O[C@@H]2CC1)[C@@](O)([C@](C)(O)[C@H]1CC[C@@]2(O)C4=C(NC[C@H](O)C5CCCCC5)C(=O)[C@@H]5C[C@@H](O)[C@@H](O)C[C@@]56C[C@H](C5=C(CCCO)NC(N)C=C5)C=C[C@@](O)(C[C@]12C1CCC(CCOC2CCCC2)CC1)[C@@H]46)CCC[C@@H]3O. The van der Waals surface area contributed by atoms with Crippen LogP contribution in [0, 0.1) is 70.0 Å². The molecule has 15 heteroatoms. The molecule has 2 aliphatic heterocycles. The van der Waals surface area contributed by atoms with Gasteiger partial charge in [-0.25, -0.2) is 0 Å². The average Bonchev–Trinajstić information content (AvgIpc) is 1.45. The van der Waals surface area contributed by atoms with Crippen LogP contribution in [-0.2, 0) is 14.3 Å². The predicted octanol–water partition coefficient (Wildman–Crippen LogP) is 7.57. The largest absolute Gasteiger partial charge is 0.396 e. The van der Waals surface area contributed by atoms with E-state index in [9.17, 15) is 40.9 Å². The topological polar surface area (TPSA) is 268 Å². The molecule has 0 radical (unpaired) electrons. The number of ether oxygens (including phenoxy) is 2. The second-order valence-corrected chi connectivity index (χ2v) is 30.4. The minimum absolute atomic E-state index is 0.00121. The normalized spacial score (nSPS) is 46.4. The predicted molar refractivity (Wildman–Crippen MR) is 320 cm³/mol. The third-order valence-corrected chi connectivity index (χ3v) is 26.1. The van der Waals surface area contributed by atoms with Crippen molar-refractivity contribution in [1.82, 2.24) is 10.6 Å². The second kappa shape index (κ2) is 24.5. The minimum Gasteiger partial charge on any atom is -0.396 e. The van der Waals surface area contributed by atoms with Gasteiger partial charge in [-0.2, -0.15) is 0 Å². The molecule has 1 saturated heterocycles. The van der Waals surface area contributed by atoms with E-state index in [4.69, 9.17) is 15.2 Å². The quantitative estimate of drug-likeness (QED) is 0.0627. The van der Waals surface area contributed by atoms with Crippen LogP contribution in [0.1, 0.15) is 213 Å². The van der Waals surface area contributed by atoms with Crippen molar-refractivity contribution in [2.24, 2.45) is 75.7 Å². The van der Waals surface area contributed by atoms with Crippen molar-refractivity contribution in [1.29, 1.82) is 0 Å². The van der Waals surface area contributed by atoms with Gasteiger partial charge in [-0.3, -0.25) is 4.79 Å². The summed E-state index contributed by atoms with van der Waals surface area (Å²) in [7, 11) is 0. The van der Waals surface area contributed by atoms with E-state index in [1.807, 2.05) is 18.2 Å². The van der Waals surface area contributed by atoms with Crippen LogP contribution in [-0.4, -0.2) is 143 Å². The molecule has 84 heavy (non-hydrogen) atoms. The van der Waals surface area contributed by atoms with Gasteiger partial charge in [0.15, 0.2) is 5.78 Å². The van der Waals surface area contributed by atoms with Crippen molar-refractivity contribution in [3.63, 3.8) is 0 Å². The standard InChI is InChI=1S/C69H109N3O12/c1-3-11-41-20-24-48-55(26-21-41)84-63-58(48)51(74)17-9-31-69(63,82)64(2,79)56-29-33-68(81)59-60(71-39-54(77)43-12-5-4-6-13-43)61(78)49-36-52(75)53(76)38-65(49)37-44(47-25-27-57(70)72-50(47)16-10-34-73)28-32-66(80,62(59)65)40-67(56,68)45-22-18-42(19-23-45)30-35-83-46-14-7-8-15-46/h25,27-28,32,41-46,48-49,51-58,62-63,71-77,79-82H,3-24,26,29-31,33-40,70H2,1-2H3/t41-,42?,44-,45?,48-,49+,51+,52-,53+,54+,55-,56-,57?,58-,62+,63-,64-,65+,66-,67+,68-,69-/m1/s1. The number of dihydropyridines is 1. The molecule has 0 bridgehead atoms. The summed E-state index contributed by atoms with van der Waals surface area (Å²) >= 11 is 0. The monoisotopic (exact) mass is 1170 g/mol. The molecule has 8 saturated carbocycles. The van der Waals surface area contributed by atoms with E-state index in [0.717, 1.165) is 114 Å². The average molecular weight is 1170 g/mol. The highest BCUT2D eigenvalue weighted by atomic mass is 16.5. The van der Waals surface area contributed by atoms with E-state index >= 15 is 9.90 Å². The second-order valence-electron chi connectivity index (χ2n) is 30.4. The van der Waals surface area contributed by atoms with Crippen LogP contribution in [0.4, 0.5) is 0 Å². The van der Waals surface area contributed by atoms with Gasteiger partial charge in [-0.05, 0) is 200 Å². The number of aliphatic hydroxyl groups excluding tert-OH is 5. The van der Waals surface area contributed by atoms with Gasteiger partial charge in [0.25, 0.3) is 0 Å². The molecule has 13 N–H and O–H groups in total. The molecule has 9 fully saturated rings. The summed E-state index contributed by atoms with van der Waals surface area (Å²) in [4.78, 5) is 16.5. The van der Waals surface area contributed by atoms with E-state index < -0.39 is 99.5 Å². The van der Waals surface area contributed by atoms with E-state index in [2.05, 4.69) is 23.6 Å². The molecular formula is C69H109N3O12. The Morgan fingerprint density at radius 2 is 1.57 bits per heavy atom. The van der Waals surface area contributed by atoms with Gasteiger partial charge in [0.05, 0.1) is 71.4 Å². The van der Waals surface area contributed by atoms with Crippen LogP contribution in [0.2, 0.25) is 0 Å². The van der Waals surface area contributed by atoms with E-state index in [0.29, 0.717) is 75.1 Å². The zero-order chi connectivity index (χ0) is 59.0. The van der Waals surface area contributed by atoms with Gasteiger partial charge >= 0.3 is 0 Å². The number of Topliss-reactive ketones (excluding diaryl/α,β-unsaturated/α-hetero) is 1. The number of carbonyl (C=O) groups is 1. The Kier molecular flexibility index (Phi) is 18.1. The van der Waals surface area contributed by atoms with Gasteiger partial charge in [0.2, 0.25) is 0 Å². The van der Waals surface area contributed by atoms with E-state index in [-0.39, 0.29) is 87.0 Å². The van der Waals surface area contributed by atoms with Crippen LogP contribution in [0.15, 0.2) is 46.8 Å². The Labute approximate surface area is 501 Å². The first kappa shape index (κ1) is 62.0. The number of aliphatic hydroxyl groups is 9. The highest BCUT2D eigenvalue weighted by Gasteiger charge is 2.80. The maximum atomic E-state index is 16.5. The first-order chi connectivity index (χ1) is 40.3. The maximum absolute atomic E-state index is 16.5. The minimum atomic E-state index is -1.95. The van der Waals surface area contributed by atoms with Gasteiger partial charge < -0.3 is 71.8 Å². The van der Waals surface area contributed by atoms with Crippen molar-refractivity contribution in [2.45, 2.75) is 284 Å². The summed E-state index contributed by atoms with van der Waals surface area (Å²) in [5.41, 5.74) is -1.23. The number of hydrogen-bond donors (Lipinski definition) is 12. The van der Waals surface area contributed by atoms with Crippen molar-refractivity contribution >= 4 is 5.78 Å². The number of rotatable bonds is 17. The summed E-state index contributed by atoms with van der Waals surface area (Å²) < 4.78 is 13.7. The van der Waals surface area contributed by atoms with Crippen LogP contribution >= 0.6 is 0 Å². The number of nitrogens with one attached hydrogen (secondary N) is 2. The van der Waals surface area contributed by atoms with Crippen LogP contribution in [0.5, 0.6) is 0 Å². The molecule has 15 nitrogen and oxygen atoms in total. The number of ketones is 1. The van der Waals surface area contributed by atoms with E-state index in [1.165, 1.54) is 12.8 Å². The molecule has 1 spiro atoms. The zero-order valence-electron chi connectivity index (χ0n) is 51.1. The molecule has 0 amide bonds. The summed E-state index contributed by atoms with van der Waals surface area (Å²) in [5, 5.41) is 124. The number of carbonyl (C=O) groups excluding carboxylic acids is 1. The fourth-order valence-corrected chi connectivity index (χ4v) is 22.1. The molecule has 1 unspecified atom stereocenters.